The summed E-state index contributed by atoms with van der Waals surface area (Å²) in [6, 6.07) is 1.90. The van der Waals surface area contributed by atoms with Gasteiger partial charge in [0.05, 0.1) is 6.10 Å². The number of hydrogen-bond donors (Lipinski definition) is 1. The average molecular weight is 318 g/mol. The Bertz CT molecular complexity index is 405. The fraction of sp³-hybridized carbons (Fsp3) is 0.583. The molecule has 0 spiro atoms. The van der Waals surface area contributed by atoms with Gasteiger partial charge >= 0.3 is 0 Å². The standard InChI is InChI=1S/C12H16BrNO2S/c1-8(15)9-3-2-5-14(7-9)12(16)11-10(13)4-6-17-11/h4,6,8-9,15H,2-3,5,7H2,1H3. The molecule has 2 unspecified atom stereocenters. The van der Waals surface area contributed by atoms with Crippen LogP contribution >= 0.6 is 27.3 Å². The molecule has 3 nitrogen and oxygen atoms in total. The van der Waals surface area contributed by atoms with Crippen molar-refractivity contribution in [1.29, 1.82) is 0 Å². The molecule has 94 valence electrons. The molecule has 0 bridgehead atoms. The number of piperidine rings is 1. The number of aliphatic hydroxyl groups excluding tert-OH is 1. The van der Waals surface area contributed by atoms with Crippen molar-refractivity contribution >= 4 is 33.2 Å². The molecule has 1 aromatic rings. The van der Waals surface area contributed by atoms with Crippen LogP contribution in [0.3, 0.4) is 0 Å². The Morgan fingerprint density at radius 3 is 3.06 bits per heavy atom. The van der Waals surface area contributed by atoms with Crippen molar-refractivity contribution in [3.05, 3.63) is 20.8 Å². The predicted molar refractivity (Wildman–Crippen MR) is 72.3 cm³/mol. The third-order valence-corrected chi connectivity index (χ3v) is 5.06. The number of hydrogen-bond acceptors (Lipinski definition) is 3. The predicted octanol–water partition coefficient (Wildman–Crippen LogP) is 2.74. The van der Waals surface area contributed by atoms with Gasteiger partial charge in [-0.1, -0.05) is 0 Å². The van der Waals surface area contributed by atoms with Crippen molar-refractivity contribution in [2.75, 3.05) is 13.1 Å². The van der Waals surface area contributed by atoms with Crippen LogP contribution in [0.15, 0.2) is 15.9 Å². The van der Waals surface area contributed by atoms with Crippen LogP contribution in [-0.2, 0) is 0 Å². The topological polar surface area (TPSA) is 40.5 Å². The van der Waals surface area contributed by atoms with Crippen LogP contribution < -0.4 is 0 Å². The monoisotopic (exact) mass is 317 g/mol. The minimum Gasteiger partial charge on any atom is -0.393 e. The third-order valence-electron chi connectivity index (χ3n) is 3.24. The maximum absolute atomic E-state index is 12.3. The molecular weight excluding hydrogens is 302 g/mol. The summed E-state index contributed by atoms with van der Waals surface area (Å²) < 4.78 is 0.867. The van der Waals surface area contributed by atoms with Gasteiger partial charge in [0.1, 0.15) is 4.88 Å². The maximum Gasteiger partial charge on any atom is 0.265 e. The molecule has 2 atom stereocenters. The lowest BCUT2D eigenvalue weighted by Crippen LogP contribution is -2.42. The summed E-state index contributed by atoms with van der Waals surface area (Å²) in [5, 5.41) is 11.5. The van der Waals surface area contributed by atoms with Gasteiger partial charge in [-0.25, -0.2) is 0 Å². The second-order valence-electron chi connectivity index (χ2n) is 4.49. The van der Waals surface area contributed by atoms with Gasteiger partial charge in [0, 0.05) is 23.5 Å². The summed E-state index contributed by atoms with van der Waals surface area (Å²) in [4.78, 5) is 14.9. The van der Waals surface area contributed by atoms with E-state index in [9.17, 15) is 9.90 Å². The van der Waals surface area contributed by atoms with E-state index < -0.39 is 0 Å². The zero-order valence-corrected chi connectivity index (χ0v) is 12.1. The van der Waals surface area contributed by atoms with Crippen molar-refractivity contribution < 1.29 is 9.90 Å². The first kappa shape index (κ1) is 13.1. The Balaban J connectivity index is 2.07. The SMILES string of the molecule is CC(O)C1CCCN(C(=O)c2sccc2Br)C1. The van der Waals surface area contributed by atoms with E-state index in [1.807, 2.05) is 16.3 Å². The molecule has 0 saturated carbocycles. The number of thiophene rings is 1. The molecule has 1 N–H and O–H groups in total. The Kier molecular flexibility index (Phi) is 4.22. The van der Waals surface area contributed by atoms with E-state index in [4.69, 9.17) is 0 Å². The molecule has 0 aromatic carbocycles. The highest BCUT2D eigenvalue weighted by molar-refractivity contribution is 9.10. The normalized spacial score (nSPS) is 22.5. The summed E-state index contributed by atoms with van der Waals surface area (Å²) in [5.41, 5.74) is 0. The van der Waals surface area contributed by atoms with Gasteiger partial charge in [-0.2, -0.15) is 0 Å². The van der Waals surface area contributed by atoms with Crippen LogP contribution in [0, 0.1) is 5.92 Å². The van der Waals surface area contributed by atoms with Crippen LogP contribution in [0.25, 0.3) is 0 Å². The van der Waals surface area contributed by atoms with Crippen LogP contribution in [0.2, 0.25) is 0 Å². The first-order valence-electron chi connectivity index (χ1n) is 5.80. The molecule has 2 rings (SSSR count). The molecule has 1 amide bonds. The minimum absolute atomic E-state index is 0.0808. The number of amides is 1. The summed E-state index contributed by atoms with van der Waals surface area (Å²) >= 11 is 4.85. The minimum atomic E-state index is -0.336. The lowest BCUT2D eigenvalue weighted by Gasteiger charge is -2.34. The molecule has 0 radical (unpaired) electrons. The molecule has 1 saturated heterocycles. The van der Waals surface area contributed by atoms with Crippen molar-refractivity contribution in [3.8, 4) is 0 Å². The van der Waals surface area contributed by atoms with Crippen molar-refractivity contribution in [3.63, 3.8) is 0 Å². The smallest absolute Gasteiger partial charge is 0.265 e. The lowest BCUT2D eigenvalue weighted by molar-refractivity contribution is 0.0469. The van der Waals surface area contributed by atoms with E-state index in [1.54, 1.807) is 6.92 Å². The maximum atomic E-state index is 12.3. The van der Waals surface area contributed by atoms with Crippen molar-refractivity contribution in [2.45, 2.75) is 25.9 Å². The molecule has 1 aliphatic rings. The molecule has 5 heteroatoms. The van der Waals surface area contributed by atoms with E-state index in [1.165, 1.54) is 11.3 Å². The van der Waals surface area contributed by atoms with E-state index in [0.29, 0.717) is 6.54 Å². The highest BCUT2D eigenvalue weighted by Crippen LogP contribution is 2.27. The Hall–Kier alpha value is -0.390. The van der Waals surface area contributed by atoms with Crippen LogP contribution in [0.1, 0.15) is 29.4 Å². The summed E-state index contributed by atoms with van der Waals surface area (Å²) in [6.07, 6.45) is 1.65. The zero-order valence-electron chi connectivity index (χ0n) is 9.73. The van der Waals surface area contributed by atoms with Gasteiger partial charge in [-0.15, -0.1) is 11.3 Å². The number of carbonyl (C=O) groups is 1. The fourth-order valence-electron chi connectivity index (χ4n) is 2.18. The molecule has 1 aromatic heterocycles. The second-order valence-corrected chi connectivity index (χ2v) is 6.26. The number of likely N-dealkylation sites (tertiary alicyclic amines) is 1. The number of aliphatic hydroxyl groups is 1. The Labute approximate surface area is 114 Å². The summed E-state index contributed by atoms with van der Waals surface area (Å²) in [6.45, 7) is 3.27. The molecule has 0 aliphatic carbocycles. The van der Waals surface area contributed by atoms with Gasteiger partial charge in [0.15, 0.2) is 0 Å². The zero-order chi connectivity index (χ0) is 12.4. The van der Waals surface area contributed by atoms with E-state index in [2.05, 4.69) is 15.9 Å². The summed E-state index contributed by atoms with van der Waals surface area (Å²) in [7, 11) is 0. The average Bonchev–Trinajstić information content (AvgIpc) is 2.74. The van der Waals surface area contributed by atoms with Gasteiger partial charge < -0.3 is 10.0 Å². The van der Waals surface area contributed by atoms with Crippen molar-refractivity contribution in [2.24, 2.45) is 5.92 Å². The quantitative estimate of drug-likeness (QED) is 0.911. The summed E-state index contributed by atoms with van der Waals surface area (Å²) in [5.74, 6) is 0.295. The van der Waals surface area contributed by atoms with Gasteiger partial charge in [0.25, 0.3) is 5.91 Å². The van der Waals surface area contributed by atoms with Crippen LogP contribution in [0.4, 0.5) is 0 Å². The molecule has 2 heterocycles. The number of nitrogens with zero attached hydrogens (tertiary/aromatic N) is 1. The first-order valence-corrected chi connectivity index (χ1v) is 7.47. The highest BCUT2D eigenvalue weighted by Gasteiger charge is 2.28. The van der Waals surface area contributed by atoms with E-state index in [0.717, 1.165) is 28.7 Å². The van der Waals surface area contributed by atoms with E-state index >= 15 is 0 Å². The lowest BCUT2D eigenvalue weighted by atomic mass is 9.93. The van der Waals surface area contributed by atoms with Gasteiger partial charge in [-0.3, -0.25) is 4.79 Å². The Morgan fingerprint density at radius 2 is 2.47 bits per heavy atom. The highest BCUT2D eigenvalue weighted by atomic mass is 79.9. The number of rotatable bonds is 2. The van der Waals surface area contributed by atoms with Crippen LogP contribution in [0.5, 0.6) is 0 Å². The van der Waals surface area contributed by atoms with E-state index in [-0.39, 0.29) is 17.9 Å². The van der Waals surface area contributed by atoms with Gasteiger partial charge in [-0.05, 0) is 47.1 Å². The number of halogens is 1. The molecule has 1 fully saturated rings. The number of carbonyl (C=O) groups excluding carboxylic acids is 1. The molecule has 17 heavy (non-hydrogen) atoms. The second kappa shape index (κ2) is 5.50. The van der Waals surface area contributed by atoms with Crippen molar-refractivity contribution in [1.82, 2.24) is 4.90 Å². The van der Waals surface area contributed by atoms with Crippen LogP contribution in [-0.4, -0.2) is 35.1 Å². The van der Waals surface area contributed by atoms with Gasteiger partial charge in [0.2, 0.25) is 0 Å². The third kappa shape index (κ3) is 2.89. The first-order chi connectivity index (χ1) is 8.09. The molecular formula is C12H16BrNO2S. The fourth-order valence-corrected chi connectivity index (χ4v) is 3.69. The largest absolute Gasteiger partial charge is 0.393 e. The Morgan fingerprint density at radius 1 is 1.71 bits per heavy atom. The molecule has 1 aliphatic heterocycles.